The van der Waals surface area contributed by atoms with Crippen LogP contribution < -0.4 is 16.6 Å². The number of fused-ring (bicyclic) bond motifs is 3. The summed E-state index contributed by atoms with van der Waals surface area (Å²) in [4.78, 5) is 12.1. The third kappa shape index (κ3) is 3.97. The van der Waals surface area contributed by atoms with Crippen LogP contribution in [0.25, 0.3) is 11.1 Å². The molecule has 5 nitrogen and oxygen atoms in total. The van der Waals surface area contributed by atoms with E-state index in [9.17, 15) is 9.18 Å². The zero-order valence-electron chi connectivity index (χ0n) is 16.1. The second-order valence-corrected chi connectivity index (χ2v) is 6.82. The number of alkyl carbamates (subject to hydrolysis) is 1. The number of ether oxygens (including phenoxy) is 1. The number of amides is 1. The van der Waals surface area contributed by atoms with Crippen molar-refractivity contribution in [1.29, 1.82) is 0 Å². The Morgan fingerprint density at radius 1 is 1.03 bits per heavy atom. The number of carbonyl (C=O) groups excluding carboxylic acids is 1. The maximum absolute atomic E-state index is 13.6. The number of carbonyl (C=O) groups is 1. The van der Waals surface area contributed by atoms with Crippen molar-refractivity contribution in [3.63, 3.8) is 0 Å². The van der Waals surface area contributed by atoms with Crippen LogP contribution >= 0.6 is 0 Å². The zero-order valence-corrected chi connectivity index (χ0v) is 16.1. The Hall–Kier alpha value is -3.82. The van der Waals surface area contributed by atoms with Crippen LogP contribution in [0.15, 0.2) is 66.7 Å². The Kier molecular flexibility index (Phi) is 5.64. The molecule has 0 spiro atoms. The fraction of sp³-hybridized carbons (Fsp3) is 0.125. The van der Waals surface area contributed by atoms with Crippen molar-refractivity contribution in [1.82, 2.24) is 5.32 Å². The minimum Gasteiger partial charge on any atom is -0.449 e. The van der Waals surface area contributed by atoms with Crippen molar-refractivity contribution in [3.05, 3.63) is 89.2 Å². The summed E-state index contributed by atoms with van der Waals surface area (Å²) in [6, 6.07) is 20.7. The van der Waals surface area contributed by atoms with Crippen LogP contribution in [0.3, 0.4) is 0 Å². The molecule has 3 aromatic rings. The first-order chi connectivity index (χ1) is 14.7. The summed E-state index contributed by atoms with van der Waals surface area (Å²) in [5.74, 6) is 10.3. The Morgan fingerprint density at radius 2 is 1.70 bits per heavy atom. The van der Waals surface area contributed by atoms with Crippen molar-refractivity contribution >= 4 is 11.8 Å². The molecule has 30 heavy (non-hydrogen) atoms. The highest BCUT2D eigenvalue weighted by Gasteiger charge is 2.28. The fourth-order valence-corrected chi connectivity index (χ4v) is 3.62. The molecule has 4 N–H and O–H groups in total. The molecule has 4 rings (SSSR count). The molecule has 0 radical (unpaired) electrons. The molecule has 150 valence electrons. The molecule has 1 amide bonds. The maximum Gasteiger partial charge on any atom is 0.407 e. The van der Waals surface area contributed by atoms with E-state index in [0.29, 0.717) is 5.56 Å². The number of hydrazine groups is 1. The first kappa shape index (κ1) is 19.5. The highest BCUT2D eigenvalue weighted by Crippen LogP contribution is 2.44. The number of halogens is 1. The van der Waals surface area contributed by atoms with E-state index >= 15 is 0 Å². The van der Waals surface area contributed by atoms with E-state index < -0.39 is 11.9 Å². The Bertz CT molecular complexity index is 1100. The van der Waals surface area contributed by atoms with Gasteiger partial charge in [-0.1, -0.05) is 60.4 Å². The van der Waals surface area contributed by atoms with Crippen molar-refractivity contribution in [3.8, 4) is 23.0 Å². The molecule has 1 aliphatic carbocycles. The van der Waals surface area contributed by atoms with E-state index in [0.717, 1.165) is 11.1 Å². The van der Waals surface area contributed by atoms with E-state index in [1.54, 1.807) is 6.07 Å². The highest BCUT2D eigenvalue weighted by atomic mass is 19.1. The van der Waals surface area contributed by atoms with Gasteiger partial charge in [0.05, 0.1) is 12.2 Å². The molecule has 0 aromatic heterocycles. The van der Waals surface area contributed by atoms with Crippen molar-refractivity contribution in [2.45, 2.75) is 5.92 Å². The van der Waals surface area contributed by atoms with E-state index in [2.05, 4.69) is 46.8 Å². The zero-order chi connectivity index (χ0) is 20.9. The summed E-state index contributed by atoms with van der Waals surface area (Å²) >= 11 is 0. The molecular formula is C24H20FN3O2. The minimum atomic E-state index is -0.542. The highest BCUT2D eigenvalue weighted by molar-refractivity contribution is 5.79. The van der Waals surface area contributed by atoms with Gasteiger partial charge >= 0.3 is 6.09 Å². The standard InChI is InChI=1S/C24H20FN3O2/c25-22-14-16(11-12-23(22)28-26)6-5-13-27-24(29)30-15-21-19-9-3-1-7-17(19)18-8-2-4-10-20(18)21/h1-4,7-12,14,21,28H,13,15,26H2,(H,27,29). The average Bonchev–Trinajstić information content (AvgIpc) is 3.09. The third-order valence-corrected chi connectivity index (χ3v) is 5.02. The van der Waals surface area contributed by atoms with Gasteiger partial charge in [0.25, 0.3) is 0 Å². The van der Waals surface area contributed by atoms with Crippen molar-refractivity contribution in [2.24, 2.45) is 5.84 Å². The largest absolute Gasteiger partial charge is 0.449 e. The Morgan fingerprint density at radius 3 is 2.33 bits per heavy atom. The van der Waals surface area contributed by atoms with Crippen molar-refractivity contribution < 1.29 is 13.9 Å². The van der Waals surface area contributed by atoms with Gasteiger partial charge in [-0.3, -0.25) is 5.84 Å². The van der Waals surface area contributed by atoms with Crippen LogP contribution in [0, 0.1) is 17.7 Å². The molecule has 0 saturated heterocycles. The van der Waals surface area contributed by atoms with Crippen LogP contribution in [-0.4, -0.2) is 19.2 Å². The smallest absolute Gasteiger partial charge is 0.407 e. The third-order valence-electron chi connectivity index (χ3n) is 5.02. The normalized spacial score (nSPS) is 11.7. The molecule has 0 saturated carbocycles. The van der Waals surface area contributed by atoms with Gasteiger partial charge in [0, 0.05) is 11.5 Å². The number of benzene rings is 3. The van der Waals surface area contributed by atoms with Gasteiger partial charge in [0.2, 0.25) is 0 Å². The summed E-state index contributed by atoms with van der Waals surface area (Å²) < 4.78 is 19.1. The van der Waals surface area contributed by atoms with Gasteiger partial charge in [-0.2, -0.15) is 0 Å². The summed E-state index contributed by atoms with van der Waals surface area (Å²) in [6.07, 6.45) is -0.542. The molecular weight excluding hydrogens is 381 g/mol. The van der Waals surface area contributed by atoms with Gasteiger partial charge in [0.1, 0.15) is 12.4 Å². The van der Waals surface area contributed by atoms with Crippen LogP contribution in [0.1, 0.15) is 22.6 Å². The molecule has 0 unspecified atom stereocenters. The lowest BCUT2D eigenvalue weighted by Gasteiger charge is -2.14. The monoisotopic (exact) mass is 401 g/mol. The molecule has 0 atom stereocenters. The van der Waals surface area contributed by atoms with E-state index in [4.69, 9.17) is 10.6 Å². The van der Waals surface area contributed by atoms with Gasteiger partial charge in [-0.05, 0) is 40.5 Å². The van der Waals surface area contributed by atoms with Crippen LogP contribution in [0.5, 0.6) is 0 Å². The predicted molar refractivity (Wildman–Crippen MR) is 114 cm³/mol. The number of hydrogen-bond acceptors (Lipinski definition) is 4. The molecule has 0 bridgehead atoms. The van der Waals surface area contributed by atoms with Crippen LogP contribution in [-0.2, 0) is 4.74 Å². The Labute approximate surface area is 174 Å². The lowest BCUT2D eigenvalue weighted by atomic mass is 9.98. The van der Waals surface area contributed by atoms with Crippen LogP contribution in [0.4, 0.5) is 14.9 Å². The second kappa shape index (κ2) is 8.68. The molecule has 6 heteroatoms. The van der Waals surface area contributed by atoms with Gasteiger partial charge in [0.15, 0.2) is 0 Å². The number of nitrogens with one attached hydrogen (secondary N) is 2. The number of nitrogens with two attached hydrogens (primary N) is 1. The predicted octanol–water partition coefficient (Wildman–Crippen LogP) is 4.00. The number of anilines is 1. The first-order valence-corrected chi connectivity index (χ1v) is 9.51. The molecule has 3 aromatic carbocycles. The summed E-state index contributed by atoms with van der Waals surface area (Å²) in [7, 11) is 0. The summed E-state index contributed by atoms with van der Waals surface area (Å²) in [6.45, 7) is 0.335. The van der Waals surface area contributed by atoms with Crippen molar-refractivity contribution in [2.75, 3.05) is 18.6 Å². The topological polar surface area (TPSA) is 76.4 Å². The number of rotatable bonds is 4. The van der Waals surface area contributed by atoms with E-state index in [1.165, 1.54) is 23.3 Å². The molecule has 0 fully saturated rings. The average molecular weight is 401 g/mol. The molecule has 0 heterocycles. The van der Waals surface area contributed by atoms with E-state index in [-0.39, 0.29) is 24.8 Å². The van der Waals surface area contributed by atoms with Gasteiger partial charge < -0.3 is 15.5 Å². The number of nitrogen functional groups attached to an aromatic ring is 1. The second-order valence-electron chi connectivity index (χ2n) is 6.82. The van der Waals surface area contributed by atoms with E-state index in [1.807, 2.05) is 24.3 Å². The summed E-state index contributed by atoms with van der Waals surface area (Å²) in [5, 5.41) is 2.60. The molecule has 1 aliphatic rings. The fourth-order valence-electron chi connectivity index (χ4n) is 3.62. The quantitative estimate of drug-likeness (QED) is 0.351. The Balaban J connectivity index is 1.33. The van der Waals surface area contributed by atoms with Crippen LogP contribution in [0.2, 0.25) is 0 Å². The lowest BCUT2D eigenvalue weighted by molar-refractivity contribution is 0.144. The van der Waals surface area contributed by atoms with Gasteiger partial charge in [-0.25, -0.2) is 9.18 Å². The van der Waals surface area contributed by atoms with Gasteiger partial charge in [-0.15, -0.1) is 0 Å². The number of hydrogen-bond donors (Lipinski definition) is 3. The first-order valence-electron chi connectivity index (χ1n) is 9.51. The SMILES string of the molecule is NNc1ccc(C#CCNC(=O)OCC2c3ccccc3-c3ccccc32)cc1F. The lowest BCUT2D eigenvalue weighted by Crippen LogP contribution is -2.26. The maximum atomic E-state index is 13.6. The molecule has 0 aliphatic heterocycles. The minimum absolute atomic E-state index is 0.00637. The summed E-state index contributed by atoms with van der Waals surface area (Å²) in [5.41, 5.74) is 7.60.